The normalized spacial score (nSPS) is 15.8. The summed E-state index contributed by atoms with van der Waals surface area (Å²) in [5, 5.41) is 0. The molecule has 0 unspecified atom stereocenters. The van der Waals surface area contributed by atoms with Crippen molar-refractivity contribution in [3.8, 4) is 33.8 Å². The molecular formula is C40H48O7. The quantitative estimate of drug-likeness (QED) is 0.0782. The minimum Gasteiger partial charge on any atom is -0.490 e. The second-order valence-corrected chi connectivity index (χ2v) is 12.0. The fourth-order valence-corrected chi connectivity index (χ4v) is 6.00. The lowest BCUT2D eigenvalue weighted by Crippen LogP contribution is -2.15. The van der Waals surface area contributed by atoms with Crippen LogP contribution in [0.2, 0.25) is 0 Å². The van der Waals surface area contributed by atoms with Crippen LogP contribution in [-0.4, -0.2) is 52.1 Å². The maximum absolute atomic E-state index is 11.9. The first-order valence-corrected chi connectivity index (χ1v) is 16.6. The number of esters is 2. The predicted octanol–water partition coefficient (Wildman–Crippen LogP) is 8.72. The maximum Gasteiger partial charge on any atom is 0.335 e. The second-order valence-electron chi connectivity index (χ2n) is 12.0. The van der Waals surface area contributed by atoms with E-state index in [1.807, 2.05) is 36.4 Å². The average molecular weight is 641 g/mol. The van der Waals surface area contributed by atoms with Gasteiger partial charge in [0, 0.05) is 18.7 Å². The van der Waals surface area contributed by atoms with Gasteiger partial charge in [-0.05, 0) is 84.0 Å². The van der Waals surface area contributed by atoms with Crippen LogP contribution in [0.1, 0.15) is 63.4 Å². The predicted molar refractivity (Wildman–Crippen MR) is 186 cm³/mol. The number of hydrogen-bond donors (Lipinski definition) is 0. The molecule has 0 atom stereocenters. The van der Waals surface area contributed by atoms with E-state index in [-0.39, 0.29) is 38.6 Å². The summed E-state index contributed by atoms with van der Waals surface area (Å²) in [7, 11) is 1.50. The van der Waals surface area contributed by atoms with Crippen LogP contribution in [0.25, 0.3) is 22.3 Å². The van der Waals surface area contributed by atoms with Crippen LogP contribution < -0.4 is 9.47 Å². The summed E-state index contributed by atoms with van der Waals surface area (Å²) in [4.78, 5) is 23.3. The molecule has 0 aromatic heterocycles. The molecule has 0 bridgehead atoms. The third kappa shape index (κ3) is 10.9. The van der Waals surface area contributed by atoms with Gasteiger partial charge < -0.3 is 23.7 Å². The molecule has 0 heterocycles. The van der Waals surface area contributed by atoms with E-state index >= 15 is 0 Å². The average Bonchev–Trinajstić information content (AvgIpc) is 3.11. The van der Waals surface area contributed by atoms with E-state index in [1.54, 1.807) is 0 Å². The van der Waals surface area contributed by atoms with Crippen molar-refractivity contribution in [2.45, 2.75) is 57.8 Å². The minimum absolute atomic E-state index is 0.111. The van der Waals surface area contributed by atoms with Gasteiger partial charge in [0.25, 0.3) is 0 Å². The zero-order valence-electron chi connectivity index (χ0n) is 27.8. The molecular weight excluding hydrogens is 592 g/mol. The number of unbranched alkanes of at least 4 members (excludes halogenated alkanes) is 1. The Bertz CT molecular complexity index is 1450. The number of rotatable bonds is 18. The van der Waals surface area contributed by atoms with Crippen molar-refractivity contribution >= 4 is 11.9 Å². The van der Waals surface area contributed by atoms with Crippen LogP contribution in [0.15, 0.2) is 91.5 Å². The van der Waals surface area contributed by atoms with Crippen molar-refractivity contribution < 1.29 is 33.3 Å². The SMILES string of the molecule is C=CC(=O)OCCOc1ccc(-c2ccc(OCCOC(=O)C(=C)COC)cc2)cc1-c1ccc(C2CCC(CCCC)CC2)cc1. The summed E-state index contributed by atoms with van der Waals surface area (Å²) < 4.78 is 27.1. The van der Waals surface area contributed by atoms with Crippen molar-refractivity contribution in [1.29, 1.82) is 0 Å². The highest BCUT2D eigenvalue weighted by atomic mass is 16.6. The fraction of sp³-hybridized carbons (Fsp3) is 0.400. The highest BCUT2D eigenvalue weighted by Gasteiger charge is 2.22. The third-order valence-electron chi connectivity index (χ3n) is 8.62. The van der Waals surface area contributed by atoms with Crippen molar-refractivity contribution in [3.63, 3.8) is 0 Å². The summed E-state index contributed by atoms with van der Waals surface area (Å²) in [6.45, 7) is 10.2. The zero-order valence-corrected chi connectivity index (χ0v) is 27.8. The van der Waals surface area contributed by atoms with Crippen LogP contribution in [0, 0.1) is 5.92 Å². The van der Waals surface area contributed by atoms with Gasteiger partial charge in [0.2, 0.25) is 0 Å². The molecule has 47 heavy (non-hydrogen) atoms. The first-order valence-electron chi connectivity index (χ1n) is 16.6. The maximum atomic E-state index is 11.9. The molecule has 0 amide bonds. The van der Waals surface area contributed by atoms with E-state index in [4.69, 9.17) is 23.7 Å². The van der Waals surface area contributed by atoms with E-state index in [0.717, 1.165) is 40.0 Å². The molecule has 1 aliphatic rings. The van der Waals surface area contributed by atoms with Gasteiger partial charge in [-0.15, -0.1) is 0 Å². The van der Waals surface area contributed by atoms with E-state index in [1.165, 1.54) is 57.6 Å². The van der Waals surface area contributed by atoms with Crippen LogP contribution >= 0.6 is 0 Å². The molecule has 7 heteroatoms. The Morgan fingerprint density at radius 2 is 1.47 bits per heavy atom. The molecule has 0 radical (unpaired) electrons. The molecule has 4 rings (SSSR count). The van der Waals surface area contributed by atoms with Gasteiger partial charge >= 0.3 is 11.9 Å². The summed E-state index contributed by atoms with van der Waals surface area (Å²) in [5.74, 6) is 1.93. The van der Waals surface area contributed by atoms with E-state index in [9.17, 15) is 9.59 Å². The van der Waals surface area contributed by atoms with Gasteiger partial charge in [-0.2, -0.15) is 0 Å². The second kappa shape index (κ2) is 18.7. The monoisotopic (exact) mass is 640 g/mol. The van der Waals surface area contributed by atoms with Gasteiger partial charge in [0.05, 0.1) is 12.2 Å². The minimum atomic E-state index is -0.494. The Morgan fingerprint density at radius 1 is 0.809 bits per heavy atom. The highest BCUT2D eigenvalue weighted by Crippen LogP contribution is 2.40. The Labute approximate surface area is 279 Å². The molecule has 0 N–H and O–H groups in total. The lowest BCUT2D eigenvalue weighted by atomic mass is 9.77. The Balaban J connectivity index is 1.44. The van der Waals surface area contributed by atoms with Gasteiger partial charge in [0.1, 0.15) is 37.9 Å². The number of ether oxygens (including phenoxy) is 5. The van der Waals surface area contributed by atoms with Crippen LogP contribution in [0.3, 0.4) is 0 Å². The molecule has 7 nitrogen and oxygen atoms in total. The van der Waals surface area contributed by atoms with Crippen molar-refractivity contribution in [3.05, 3.63) is 97.1 Å². The van der Waals surface area contributed by atoms with Gasteiger partial charge in [-0.1, -0.05) is 81.8 Å². The first kappa shape index (κ1) is 35.5. The lowest BCUT2D eigenvalue weighted by molar-refractivity contribution is -0.140. The number of carbonyl (C=O) groups excluding carboxylic acids is 2. The van der Waals surface area contributed by atoms with Crippen molar-refractivity contribution in [2.75, 3.05) is 40.1 Å². The molecule has 250 valence electrons. The molecule has 0 aliphatic heterocycles. The van der Waals surface area contributed by atoms with Gasteiger partial charge in [-0.25, -0.2) is 9.59 Å². The standard InChI is InChI=1S/C40H48O7/c1-5-7-8-30-9-11-31(12-10-30)32-13-15-34(16-14-32)37-27-35(19-22-38(37)45-24-25-46-39(41)6-2)33-17-20-36(21-18-33)44-23-26-47-40(42)29(3)28-43-4/h6,13-22,27,30-31H,2-3,5,7-12,23-26,28H2,1,4H3. The van der Waals surface area contributed by atoms with Crippen molar-refractivity contribution in [2.24, 2.45) is 5.92 Å². The van der Waals surface area contributed by atoms with Crippen molar-refractivity contribution in [1.82, 2.24) is 0 Å². The first-order chi connectivity index (χ1) is 22.9. The smallest absolute Gasteiger partial charge is 0.335 e. The number of benzene rings is 3. The molecule has 3 aromatic rings. The molecule has 0 spiro atoms. The summed E-state index contributed by atoms with van der Waals surface area (Å²) in [6, 6.07) is 22.8. The fourth-order valence-electron chi connectivity index (χ4n) is 6.00. The Hall–Kier alpha value is -4.36. The largest absolute Gasteiger partial charge is 0.490 e. The van der Waals surface area contributed by atoms with E-state index in [0.29, 0.717) is 11.7 Å². The van der Waals surface area contributed by atoms with Gasteiger partial charge in [0.15, 0.2) is 0 Å². The van der Waals surface area contributed by atoms with E-state index in [2.05, 4.69) is 50.4 Å². The third-order valence-corrected chi connectivity index (χ3v) is 8.62. The number of hydrogen-bond acceptors (Lipinski definition) is 7. The molecule has 1 saturated carbocycles. The number of carbonyl (C=O) groups is 2. The zero-order chi connectivity index (χ0) is 33.4. The topological polar surface area (TPSA) is 80.3 Å². The summed E-state index contributed by atoms with van der Waals surface area (Å²) in [5.41, 5.74) is 5.74. The molecule has 1 fully saturated rings. The van der Waals surface area contributed by atoms with Crippen LogP contribution in [0.4, 0.5) is 0 Å². The Morgan fingerprint density at radius 3 is 2.15 bits per heavy atom. The Kier molecular flexibility index (Phi) is 14.1. The van der Waals surface area contributed by atoms with Crippen LogP contribution in [-0.2, 0) is 23.8 Å². The molecule has 3 aromatic carbocycles. The molecule has 0 saturated heterocycles. The van der Waals surface area contributed by atoms with E-state index < -0.39 is 11.9 Å². The van der Waals surface area contributed by atoms with Crippen LogP contribution in [0.5, 0.6) is 11.5 Å². The number of methoxy groups -OCH3 is 1. The highest BCUT2D eigenvalue weighted by molar-refractivity contribution is 5.88. The summed E-state index contributed by atoms with van der Waals surface area (Å²) in [6.07, 6.45) is 10.3. The lowest BCUT2D eigenvalue weighted by Gasteiger charge is -2.29. The molecule has 1 aliphatic carbocycles. The van der Waals surface area contributed by atoms with Gasteiger partial charge in [-0.3, -0.25) is 0 Å². The summed E-state index contributed by atoms with van der Waals surface area (Å²) >= 11 is 0.